The number of nitrogens with one attached hydrogen (secondary N) is 2. The Balaban J connectivity index is 1.08. The number of aromatic nitrogens is 4. The molecule has 7 fully saturated rings. The molecule has 2 N–H and O–H groups in total. The normalized spacial score (nSPS) is 28.7. The number of carbonyl (C=O) groups excluding carboxylic acids is 2. The first-order valence-corrected chi connectivity index (χ1v) is 16.8. The molecule has 7 heterocycles. The molecule has 0 spiro atoms. The number of hydrogen-bond donors (Lipinski definition) is 2. The topological polar surface area (TPSA) is 106 Å². The minimum Gasteiger partial charge on any atom is -0.482 e. The summed E-state index contributed by atoms with van der Waals surface area (Å²) in [4.78, 5) is 39.0. The Morgan fingerprint density at radius 1 is 1.13 bits per heavy atom. The van der Waals surface area contributed by atoms with Gasteiger partial charge in [-0.25, -0.2) is 14.4 Å². The van der Waals surface area contributed by atoms with Gasteiger partial charge in [0.1, 0.15) is 22.7 Å². The summed E-state index contributed by atoms with van der Waals surface area (Å²) in [5.41, 5.74) is 4.00. The van der Waals surface area contributed by atoms with Gasteiger partial charge in [-0.1, -0.05) is 0 Å². The number of carbonyl (C=O) groups is 2. The van der Waals surface area contributed by atoms with Crippen molar-refractivity contribution in [2.24, 2.45) is 11.3 Å². The van der Waals surface area contributed by atoms with Gasteiger partial charge in [0, 0.05) is 48.7 Å². The van der Waals surface area contributed by atoms with Crippen molar-refractivity contribution in [1.82, 2.24) is 34.5 Å². The zero-order chi connectivity index (χ0) is 31.5. The highest BCUT2D eigenvalue weighted by atomic mass is 19.1. The molecule has 4 aromatic rings. The van der Waals surface area contributed by atoms with Crippen LogP contribution in [-0.4, -0.2) is 73.6 Å². The lowest BCUT2D eigenvalue weighted by Gasteiger charge is -2.64. The first kappa shape index (κ1) is 28.3. The van der Waals surface area contributed by atoms with Crippen molar-refractivity contribution in [3.8, 4) is 17.3 Å². The van der Waals surface area contributed by atoms with Crippen LogP contribution in [0.5, 0.6) is 5.88 Å². The van der Waals surface area contributed by atoms with Crippen LogP contribution in [0.1, 0.15) is 79.7 Å². The number of hydrogen-bond acceptors (Lipinski definition) is 6. The Hall–Kier alpha value is -3.99. The van der Waals surface area contributed by atoms with E-state index in [2.05, 4.69) is 27.3 Å². The fraction of sp³-hybridized carbons (Fsp3) is 0.543. The molecule has 4 aromatic heterocycles. The van der Waals surface area contributed by atoms with Crippen molar-refractivity contribution >= 4 is 28.5 Å². The minimum absolute atomic E-state index is 0.0261. The first-order chi connectivity index (χ1) is 22.1. The van der Waals surface area contributed by atoms with E-state index in [4.69, 9.17) is 14.7 Å². The number of alkyl halides is 1. The molecule has 0 unspecified atom stereocenters. The van der Waals surface area contributed by atoms with Gasteiger partial charge in [-0.2, -0.15) is 0 Å². The molecular weight excluding hydrogens is 585 g/mol. The minimum atomic E-state index is -1.11. The molecule has 3 saturated heterocycles. The number of piperidine rings is 2. The van der Waals surface area contributed by atoms with Gasteiger partial charge in [0.05, 0.1) is 35.6 Å². The average Bonchev–Trinajstić information content (AvgIpc) is 3.71. The standard InChI is InChI=1S/C35H40FN7O3/c1-19(38-33(45)34-16-35(36,17-34)18-34)26-9-6-22-10-27(42(31(22)39-26)14-21-4-5-21)30-20(2)43-28(40-30)11-23(12-29(43)46-3)32(44)41-15-24-7-8-25(41)13-37-24/h6,9-12,19,21,24-25,37H,4-5,7-8,13-18H2,1-3H3,(H,38,45)/t19-,24-,25-,34?,35?/m1/s1. The average molecular weight is 626 g/mol. The number of aryl methyl sites for hydroxylation is 1. The van der Waals surface area contributed by atoms with Crippen LogP contribution in [0.15, 0.2) is 30.3 Å². The van der Waals surface area contributed by atoms with Crippen LogP contribution in [0.25, 0.3) is 28.1 Å². The van der Waals surface area contributed by atoms with Gasteiger partial charge in [0.15, 0.2) is 5.88 Å². The van der Waals surface area contributed by atoms with Gasteiger partial charge in [-0.15, -0.1) is 0 Å². The number of piperazine rings is 1. The van der Waals surface area contributed by atoms with E-state index in [9.17, 15) is 14.0 Å². The maximum atomic E-state index is 14.1. The second-order valence-electron chi connectivity index (χ2n) is 14.7. The summed E-state index contributed by atoms with van der Waals surface area (Å²) in [6.07, 6.45) is 5.53. The number of halogens is 1. The summed E-state index contributed by atoms with van der Waals surface area (Å²) in [5, 5.41) is 7.65. The van der Waals surface area contributed by atoms with Crippen molar-refractivity contribution in [2.45, 2.75) is 89.1 Å². The molecule has 11 rings (SSSR count). The van der Waals surface area contributed by atoms with E-state index in [1.807, 2.05) is 41.3 Å². The van der Waals surface area contributed by atoms with Crippen LogP contribution in [-0.2, 0) is 11.3 Å². The maximum absolute atomic E-state index is 14.1. The van der Waals surface area contributed by atoms with Gasteiger partial charge >= 0.3 is 0 Å². The third-order valence-corrected chi connectivity index (χ3v) is 11.4. The predicted molar refractivity (Wildman–Crippen MR) is 170 cm³/mol. The van der Waals surface area contributed by atoms with E-state index in [0.29, 0.717) is 48.3 Å². The van der Waals surface area contributed by atoms with Gasteiger partial charge in [-0.05, 0) is 89.0 Å². The zero-order valence-corrected chi connectivity index (χ0v) is 26.6. The number of ether oxygens (including phenoxy) is 1. The van der Waals surface area contributed by atoms with Crippen molar-refractivity contribution in [3.63, 3.8) is 0 Å². The Kier molecular flexibility index (Phi) is 5.99. The number of nitrogens with zero attached hydrogens (tertiary/aromatic N) is 5. The fourth-order valence-corrected chi connectivity index (χ4v) is 8.57. The molecule has 0 aromatic carbocycles. The van der Waals surface area contributed by atoms with E-state index in [-0.39, 0.29) is 23.9 Å². The van der Waals surface area contributed by atoms with Crippen LogP contribution in [0.3, 0.4) is 0 Å². The highest BCUT2D eigenvalue weighted by molar-refractivity contribution is 5.96. The van der Waals surface area contributed by atoms with E-state index in [1.54, 1.807) is 7.11 Å². The Bertz CT molecular complexity index is 1920. The number of imidazole rings is 1. The molecule has 3 atom stereocenters. The molecule has 11 heteroatoms. The predicted octanol–water partition coefficient (Wildman–Crippen LogP) is 4.72. The smallest absolute Gasteiger partial charge is 0.254 e. The van der Waals surface area contributed by atoms with Crippen molar-refractivity contribution in [1.29, 1.82) is 0 Å². The molecule has 240 valence electrons. The molecule has 4 bridgehead atoms. The molecule has 10 nitrogen and oxygen atoms in total. The quantitative estimate of drug-likeness (QED) is 0.294. The number of amides is 2. The molecule has 2 amide bonds. The highest BCUT2D eigenvalue weighted by Gasteiger charge is 2.72. The van der Waals surface area contributed by atoms with Crippen LogP contribution >= 0.6 is 0 Å². The summed E-state index contributed by atoms with van der Waals surface area (Å²) >= 11 is 0. The number of fused-ring (bicyclic) bond motifs is 5. The Morgan fingerprint density at radius 2 is 1.93 bits per heavy atom. The van der Waals surface area contributed by atoms with Crippen molar-refractivity contribution in [3.05, 3.63) is 47.3 Å². The molecule has 4 saturated carbocycles. The first-order valence-electron chi connectivity index (χ1n) is 16.8. The summed E-state index contributed by atoms with van der Waals surface area (Å²) in [7, 11) is 1.63. The van der Waals surface area contributed by atoms with Crippen LogP contribution in [0, 0.1) is 18.3 Å². The molecule has 46 heavy (non-hydrogen) atoms. The lowest BCUT2D eigenvalue weighted by atomic mass is 9.42. The summed E-state index contributed by atoms with van der Waals surface area (Å²) in [5.74, 6) is 1.12. The molecule has 4 aliphatic carbocycles. The SMILES string of the molecule is COc1cc(C(=O)N2C[C@H]3CC[C@@H]2CN3)cc2nc(-c3cc4ccc([C@@H](C)NC(=O)C56CC(F)(C5)C6)nc4n3CC3CC3)c(C)n12. The summed E-state index contributed by atoms with van der Waals surface area (Å²) < 4.78 is 24.2. The third-order valence-electron chi connectivity index (χ3n) is 11.4. The fourth-order valence-electron chi connectivity index (χ4n) is 8.57. The Labute approximate surface area is 266 Å². The molecule has 3 aliphatic heterocycles. The van der Waals surface area contributed by atoms with Crippen molar-refractivity contribution < 1.29 is 18.7 Å². The van der Waals surface area contributed by atoms with E-state index < -0.39 is 11.1 Å². The molecular formula is C35H40FN7O3. The van der Waals surface area contributed by atoms with E-state index in [0.717, 1.165) is 66.3 Å². The third kappa shape index (κ3) is 4.23. The number of methoxy groups -OCH3 is 1. The van der Waals surface area contributed by atoms with Crippen LogP contribution in [0.2, 0.25) is 0 Å². The van der Waals surface area contributed by atoms with Crippen LogP contribution in [0.4, 0.5) is 4.39 Å². The van der Waals surface area contributed by atoms with Gasteiger partial charge in [0.25, 0.3) is 5.91 Å². The van der Waals surface area contributed by atoms with E-state index in [1.165, 1.54) is 12.8 Å². The van der Waals surface area contributed by atoms with Gasteiger partial charge in [0.2, 0.25) is 5.91 Å². The van der Waals surface area contributed by atoms with Crippen molar-refractivity contribution in [2.75, 3.05) is 20.2 Å². The van der Waals surface area contributed by atoms with Crippen LogP contribution < -0.4 is 15.4 Å². The monoisotopic (exact) mass is 625 g/mol. The summed E-state index contributed by atoms with van der Waals surface area (Å²) in [6, 6.07) is 10.2. The largest absolute Gasteiger partial charge is 0.482 e. The number of pyridine rings is 2. The maximum Gasteiger partial charge on any atom is 0.254 e. The lowest BCUT2D eigenvalue weighted by molar-refractivity contribution is -0.214. The highest BCUT2D eigenvalue weighted by Crippen LogP contribution is 2.69. The zero-order valence-electron chi connectivity index (χ0n) is 26.6. The molecule has 0 radical (unpaired) electrons. The second kappa shape index (κ2) is 9.76. The van der Waals surface area contributed by atoms with E-state index >= 15 is 0 Å². The van der Waals surface area contributed by atoms with Gasteiger partial charge in [-0.3, -0.25) is 14.0 Å². The Morgan fingerprint density at radius 3 is 2.59 bits per heavy atom. The molecule has 7 aliphatic rings. The lowest BCUT2D eigenvalue weighted by Crippen LogP contribution is -2.70. The summed E-state index contributed by atoms with van der Waals surface area (Å²) in [6.45, 7) is 6.39. The van der Waals surface area contributed by atoms with Gasteiger partial charge < -0.3 is 24.8 Å². The number of rotatable bonds is 8. The second-order valence-corrected chi connectivity index (χ2v) is 14.7.